The lowest BCUT2D eigenvalue weighted by Gasteiger charge is -2.17. The van der Waals surface area contributed by atoms with Crippen LogP contribution in [-0.2, 0) is 31.1 Å². The van der Waals surface area contributed by atoms with Crippen LogP contribution in [-0.4, -0.2) is 54.2 Å². The van der Waals surface area contributed by atoms with Gasteiger partial charge in [-0.15, -0.1) is 0 Å². The third-order valence-electron chi connectivity index (χ3n) is 4.08. The summed E-state index contributed by atoms with van der Waals surface area (Å²) in [6.07, 6.45) is 3.04. The molecule has 2 rings (SSSR count). The van der Waals surface area contributed by atoms with E-state index in [1.807, 2.05) is 38.1 Å². The fourth-order valence-electron chi connectivity index (χ4n) is 2.56. The average molecular weight is 460 g/mol. The van der Waals surface area contributed by atoms with E-state index >= 15 is 0 Å². The number of fused-ring (bicyclic) bond motifs is 1. The molecule has 0 bridgehead atoms. The number of esters is 1. The second kappa shape index (κ2) is 13.2. The van der Waals surface area contributed by atoms with Gasteiger partial charge in [-0.05, 0) is 25.0 Å². The van der Waals surface area contributed by atoms with E-state index in [9.17, 15) is 13.2 Å². The standard InChI is InChI=1S/C20H29NO5S3/c1-3-5-11-28(23)14-16(15-29(24)12-6-4-2)25-19(22)13-27-20-21-17-9-7-8-10-18(17)26-20/h7-10,16H,3-6,11-15H2,1-2H3. The van der Waals surface area contributed by atoms with E-state index in [1.54, 1.807) is 0 Å². The lowest BCUT2D eigenvalue weighted by molar-refractivity contribution is -0.143. The molecule has 0 saturated carbocycles. The van der Waals surface area contributed by atoms with Crippen molar-refractivity contribution in [3.8, 4) is 0 Å². The molecular weight excluding hydrogens is 430 g/mol. The Morgan fingerprint density at radius 3 is 2.31 bits per heavy atom. The van der Waals surface area contributed by atoms with Gasteiger partial charge in [-0.2, -0.15) is 0 Å². The van der Waals surface area contributed by atoms with Gasteiger partial charge in [0.15, 0.2) is 5.58 Å². The molecule has 0 spiro atoms. The summed E-state index contributed by atoms with van der Waals surface area (Å²) in [5.41, 5.74) is 1.40. The number of para-hydroxylation sites is 2. The first-order chi connectivity index (χ1) is 14.0. The Bertz CT molecular complexity index is 768. The van der Waals surface area contributed by atoms with Gasteiger partial charge in [0, 0.05) is 33.1 Å². The predicted octanol–water partition coefficient (Wildman–Crippen LogP) is 3.93. The Morgan fingerprint density at radius 2 is 1.72 bits per heavy atom. The van der Waals surface area contributed by atoms with Crippen molar-refractivity contribution < 1.29 is 22.4 Å². The number of benzene rings is 1. The highest BCUT2D eigenvalue weighted by molar-refractivity contribution is 7.99. The zero-order chi connectivity index (χ0) is 21.1. The van der Waals surface area contributed by atoms with Crippen molar-refractivity contribution in [3.63, 3.8) is 0 Å². The highest BCUT2D eigenvalue weighted by Crippen LogP contribution is 2.23. The summed E-state index contributed by atoms with van der Waals surface area (Å²) in [6, 6.07) is 7.39. The number of aromatic nitrogens is 1. The van der Waals surface area contributed by atoms with Crippen LogP contribution in [0, 0.1) is 0 Å². The van der Waals surface area contributed by atoms with Crippen LogP contribution in [0.3, 0.4) is 0 Å². The molecule has 2 atom stereocenters. The number of unbranched alkanes of at least 4 members (excludes halogenated alkanes) is 2. The predicted molar refractivity (Wildman–Crippen MR) is 120 cm³/mol. The number of carbonyl (C=O) groups is 1. The van der Waals surface area contributed by atoms with Crippen molar-refractivity contribution in [1.82, 2.24) is 4.98 Å². The number of hydrogen-bond acceptors (Lipinski definition) is 7. The highest BCUT2D eigenvalue weighted by Gasteiger charge is 2.21. The Balaban J connectivity index is 1.89. The summed E-state index contributed by atoms with van der Waals surface area (Å²) >= 11 is 1.16. The van der Waals surface area contributed by atoms with Gasteiger partial charge >= 0.3 is 5.97 Å². The first-order valence-electron chi connectivity index (χ1n) is 9.89. The van der Waals surface area contributed by atoms with Crippen molar-refractivity contribution in [1.29, 1.82) is 0 Å². The van der Waals surface area contributed by atoms with Crippen molar-refractivity contribution in [2.45, 2.75) is 50.9 Å². The molecule has 2 aromatic rings. The molecule has 0 aliphatic heterocycles. The lowest BCUT2D eigenvalue weighted by Crippen LogP contribution is -2.31. The maximum atomic E-state index is 12.3. The third kappa shape index (κ3) is 9.00. The van der Waals surface area contributed by atoms with E-state index < -0.39 is 33.7 Å². The van der Waals surface area contributed by atoms with Crippen LogP contribution in [0.1, 0.15) is 39.5 Å². The summed E-state index contributed by atoms with van der Waals surface area (Å²) < 4.78 is 35.6. The van der Waals surface area contributed by atoms with Crippen LogP contribution in [0.15, 0.2) is 33.9 Å². The maximum absolute atomic E-state index is 12.3. The Labute approximate surface area is 181 Å². The fourth-order valence-corrected chi connectivity index (χ4v) is 6.09. The average Bonchev–Trinajstić information content (AvgIpc) is 3.12. The van der Waals surface area contributed by atoms with E-state index in [1.165, 1.54) is 0 Å². The van der Waals surface area contributed by atoms with Crippen molar-refractivity contribution in [2.75, 3.05) is 28.8 Å². The van der Waals surface area contributed by atoms with E-state index in [-0.39, 0.29) is 17.3 Å². The van der Waals surface area contributed by atoms with E-state index in [2.05, 4.69) is 4.98 Å². The first kappa shape index (κ1) is 24.1. The van der Waals surface area contributed by atoms with Gasteiger partial charge in [-0.25, -0.2) is 4.98 Å². The Kier molecular flexibility index (Phi) is 10.9. The van der Waals surface area contributed by atoms with Gasteiger partial charge in [-0.3, -0.25) is 13.2 Å². The molecule has 9 heteroatoms. The smallest absolute Gasteiger partial charge is 0.316 e. The summed E-state index contributed by atoms with van der Waals surface area (Å²) in [7, 11) is -2.18. The zero-order valence-electron chi connectivity index (χ0n) is 17.0. The zero-order valence-corrected chi connectivity index (χ0v) is 19.4. The van der Waals surface area contributed by atoms with Gasteiger partial charge < -0.3 is 9.15 Å². The van der Waals surface area contributed by atoms with E-state index in [0.29, 0.717) is 22.3 Å². The van der Waals surface area contributed by atoms with Crippen LogP contribution >= 0.6 is 11.8 Å². The highest BCUT2D eigenvalue weighted by atomic mass is 32.2. The van der Waals surface area contributed by atoms with Crippen LogP contribution in [0.5, 0.6) is 0 Å². The molecule has 6 nitrogen and oxygen atoms in total. The minimum absolute atomic E-state index is 0.0342. The normalized spacial score (nSPS) is 14.6. The third-order valence-corrected chi connectivity index (χ3v) is 7.86. The topological polar surface area (TPSA) is 86.5 Å². The molecule has 0 aliphatic carbocycles. The van der Waals surface area contributed by atoms with Crippen LogP contribution in [0.2, 0.25) is 0 Å². The quantitative estimate of drug-likeness (QED) is 0.312. The fraction of sp³-hybridized carbons (Fsp3) is 0.600. The number of rotatable bonds is 14. The molecule has 0 radical (unpaired) electrons. The summed E-state index contributed by atoms with van der Waals surface area (Å²) in [6.45, 7) is 4.08. The molecule has 0 amide bonds. The second-order valence-electron chi connectivity index (χ2n) is 6.68. The van der Waals surface area contributed by atoms with Crippen LogP contribution in [0.25, 0.3) is 11.1 Å². The molecule has 2 unspecified atom stereocenters. The number of oxazole rings is 1. The van der Waals surface area contributed by atoms with Crippen molar-refractivity contribution >= 4 is 50.4 Å². The molecular formula is C20H29NO5S3. The number of ether oxygens (including phenoxy) is 1. The summed E-state index contributed by atoms with van der Waals surface area (Å²) in [5, 5.41) is 0.401. The number of thioether (sulfide) groups is 1. The van der Waals surface area contributed by atoms with Gasteiger partial charge in [0.1, 0.15) is 17.4 Å². The summed E-state index contributed by atoms with van der Waals surface area (Å²) in [5.74, 6) is 1.20. The Morgan fingerprint density at radius 1 is 1.10 bits per heavy atom. The molecule has 29 heavy (non-hydrogen) atoms. The minimum atomic E-state index is -1.09. The second-order valence-corrected chi connectivity index (χ2v) is 10.8. The largest absolute Gasteiger partial charge is 0.460 e. The molecule has 0 N–H and O–H groups in total. The number of nitrogens with zero attached hydrogens (tertiary/aromatic N) is 1. The van der Waals surface area contributed by atoms with E-state index in [0.717, 1.165) is 43.0 Å². The summed E-state index contributed by atoms with van der Waals surface area (Å²) in [4.78, 5) is 16.6. The van der Waals surface area contributed by atoms with Crippen LogP contribution < -0.4 is 0 Å². The maximum Gasteiger partial charge on any atom is 0.316 e. The molecule has 1 heterocycles. The molecule has 0 fully saturated rings. The van der Waals surface area contributed by atoms with Gasteiger partial charge in [-0.1, -0.05) is 50.6 Å². The SMILES string of the molecule is CCCCS(=O)CC(CS(=O)CCCC)OC(=O)CSc1nc2ccccc2o1. The molecule has 162 valence electrons. The number of carbonyl (C=O) groups excluding carboxylic acids is 1. The molecule has 0 aliphatic rings. The minimum Gasteiger partial charge on any atom is -0.460 e. The molecule has 1 aromatic heterocycles. The molecule has 0 saturated heterocycles. The monoisotopic (exact) mass is 459 g/mol. The van der Waals surface area contributed by atoms with Gasteiger partial charge in [0.2, 0.25) is 0 Å². The van der Waals surface area contributed by atoms with Crippen molar-refractivity contribution in [3.05, 3.63) is 24.3 Å². The Hall–Kier alpha value is -1.19. The van der Waals surface area contributed by atoms with Crippen LogP contribution in [0.4, 0.5) is 0 Å². The van der Waals surface area contributed by atoms with E-state index in [4.69, 9.17) is 9.15 Å². The first-order valence-corrected chi connectivity index (χ1v) is 13.9. The number of hydrogen-bond donors (Lipinski definition) is 0. The lowest BCUT2D eigenvalue weighted by atomic mass is 10.3. The molecule has 1 aromatic carbocycles. The van der Waals surface area contributed by atoms with Gasteiger partial charge in [0.25, 0.3) is 5.22 Å². The van der Waals surface area contributed by atoms with Crippen molar-refractivity contribution in [2.24, 2.45) is 0 Å². The van der Waals surface area contributed by atoms with Gasteiger partial charge in [0.05, 0.1) is 11.5 Å².